The summed E-state index contributed by atoms with van der Waals surface area (Å²) >= 11 is 0. The molecule has 0 aromatic carbocycles. The van der Waals surface area contributed by atoms with Crippen molar-refractivity contribution in [3.8, 4) is 0 Å². The standard InChI is InChI=1S/C12H18F5NO3/c1-4-5-21-9(19)8(6-7(2)3)18-10(20)11(13,14)12(15,16)17/h7-8H,4-6H2,1-3H3,(H,18,20). The van der Waals surface area contributed by atoms with Gasteiger partial charge in [0, 0.05) is 0 Å². The number of rotatable bonds is 7. The summed E-state index contributed by atoms with van der Waals surface area (Å²) < 4.78 is 66.6. The molecule has 1 unspecified atom stereocenters. The molecule has 124 valence electrons. The van der Waals surface area contributed by atoms with Crippen LogP contribution in [0.25, 0.3) is 0 Å². The molecule has 0 saturated carbocycles. The second kappa shape index (κ2) is 7.56. The van der Waals surface area contributed by atoms with E-state index in [2.05, 4.69) is 4.74 Å². The van der Waals surface area contributed by atoms with Gasteiger partial charge in [-0.05, 0) is 18.8 Å². The highest BCUT2D eigenvalue weighted by Gasteiger charge is 2.63. The fourth-order valence-corrected chi connectivity index (χ4v) is 1.37. The molecule has 1 atom stereocenters. The van der Waals surface area contributed by atoms with Crippen molar-refractivity contribution < 1.29 is 36.3 Å². The highest BCUT2D eigenvalue weighted by molar-refractivity contribution is 5.89. The van der Waals surface area contributed by atoms with Crippen LogP contribution >= 0.6 is 0 Å². The minimum atomic E-state index is -6.02. The Bertz CT molecular complexity index is 368. The fourth-order valence-electron chi connectivity index (χ4n) is 1.37. The first-order valence-corrected chi connectivity index (χ1v) is 6.35. The molecule has 0 rings (SSSR count). The van der Waals surface area contributed by atoms with E-state index < -0.39 is 30.0 Å². The summed E-state index contributed by atoms with van der Waals surface area (Å²) in [6, 6.07) is -1.54. The van der Waals surface area contributed by atoms with Gasteiger partial charge in [0.1, 0.15) is 6.04 Å². The number of esters is 1. The van der Waals surface area contributed by atoms with Gasteiger partial charge in [-0.15, -0.1) is 0 Å². The molecule has 0 aromatic heterocycles. The van der Waals surface area contributed by atoms with Gasteiger partial charge in [-0.2, -0.15) is 22.0 Å². The van der Waals surface area contributed by atoms with Gasteiger partial charge in [-0.1, -0.05) is 20.8 Å². The van der Waals surface area contributed by atoms with E-state index in [0.29, 0.717) is 6.42 Å². The SMILES string of the molecule is CCCOC(=O)C(CC(C)C)NC(=O)C(F)(F)C(F)(F)F. The summed E-state index contributed by atoms with van der Waals surface area (Å²) in [6.07, 6.45) is -5.68. The molecule has 0 heterocycles. The maximum Gasteiger partial charge on any atom is 0.463 e. The molecular weight excluding hydrogens is 301 g/mol. The summed E-state index contributed by atoms with van der Waals surface area (Å²) in [5.41, 5.74) is 0. The summed E-state index contributed by atoms with van der Waals surface area (Å²) in [7, 11) is 0. The summed E-state index contributed by atoms with van der Waals surface area (Å²) in [4.78, 5) is 22.7. The van der Waals surface area contributed by atoms with Crippen molar-refractivity contribution in [3.05, 3.63) is 0 Å². The number of hydrogen-bond acceptors (Lipinski definition) is 3. The van der Waals surface area contributed by atoms with Crippen LogP contribution in [0.5, 0.6) is 0 Å². The molecule has 0 aromatic rings. The van der Waals surface area contributed by atoms with Crippen LogP contribution in [0.2, 0.25) is 0 Å². The van der Waals surface area contributed by atoms with E-state index in [-0.39, 0.29) is 18.9 Å². The van der Waals surface area contributed by atoms with E-state index in [1.54, 1.807) is 20.8 Å². The zero-order chi connectivity index (χ0) is 16.8. The lowest BCUT2D eigenvalue weighted by Gasteiger charge is -2.23. The van der Waals surface area contributed by atoms with Gasteiger partial charge in [0.2, 0.25) is 0 Å². The van der Waals surface area contributed by atoms with Crippen LogP contribution in [0.3, 0.4) is 0 Å². The van der Waals surface area contributed by atoms with Crippen molar-refractivity contribution in [2.45, 2.75) is 51.8 Å². The number of nitrogens with one attached hydrogen (secondary N) is 1. The van der Waals surface area contributed by atoms with Gasteiger partial charge >= 0.3 is 24.0 Å². The monoisotopic (exact) mass is 319 g/mol. The average molecular weight is 319 g/mol. The zero-order valence-electron chi connectivity index (χ0n) is 11.9. The van der Waals surface area contributed by atoms with E-state index in [1.165, 1.54) is 5.32 Å². The Labute approximate surface area is 119 Å². The number of alkyl halides is 5. The molecule has 1 N–H and O–H groups in total. The van der Waals surface area contributed by atoms with Crippen LogP contribution in [0.4, 0.5) is 22.0 Å². The van der Waals surface area contributed by atoms with Gasteiger partial charge in [-0.25, -0.2) is 4.79 Å². The second-order valence-corrected chi connectivity index (χ2v) is 4.90. The van der Waals surface area contributed by atoms with Crippen molar-refractivity contribution in [3.63, 3.8) is 0 Å². The maximum atomic E-state index is 12.8. The largest absolute Gasteiger partial charge is 0.464 e. The molecule has 4 nitrogen and oxygen atoms in total. The van der Waals surface area contributed by atoms with Gasteiger partial charge in [0.15, 0.2) is 0 Å². The summed E-state index contributed by atoms with van der Waals surface area (Å²) in [6.45, 7) is 4.91. The van der Waals surface area contributed by atoms with Crippen molar-refractivity contribution in [2.75, 3.05) is 6.61 Å². The molecule has 0 radical (unpaired) electrons. The lowest BCUT2D eigenvalue weighted by molar-refractivity contribution is -0.270. The molecule has 1 amide bonds. The Morgan fingerprint density at radius 1 is 1.14 bits per heavy atom. The Morgan fingerprint density at radius 2 is 1.67 bits per heavy atom. The number of carbonyl (C=O) groups excluding carboxylic acids is 2. The third-order valence-electron chi connectivity index (χ3n) is 2.39. The Kier molecular flexibility index (Phi) is 7.05. The number of halogens is 5. The second-order valence-electron chi connectivity index (χ2n) is 4.90. The molecule has 0 aliphatic heterocycles. The molecule has 0 bridgehead atoms. The molecule has 0 fully saturated rings. The van der Waals surface area contributed by atoms with Crippen molar-refractivity contribution in [1.82, 2.24) is 5.32 Å². The third-order valence-corrected chi connectivity index (χ3v) is 2.39. The molecule has 21 heavy (non-hydrogen) atoms. The lowest BCUT2D eigenvalue weighted by atomic mass is 10.0. The first-order valence-electron chi connectivity index (χ1n) is 6.35. The molecule has 0 aliphatic carbocycles. The minimum absolute atomic E-state index is 0.0149. The third kappa shape index (κ3) is 5.84. The van der Waals surface area contributed by atoms with E-state index in [0.717, 1.165) is 0 Å². The van der Waals surface area contributed by atoms with Crippen molar-refractivity contribution in [2.24, 2.45) is 5.92 Å². The van der Waals surface area contributed by atoms with Crippen LogP contribution < -0.4 is 5.32 Å². The van der Waals surface area contributed by atoms with E-state index in [9.17, 15) is 31.5 Å². The Morgan fingerprint density at radius 3 is 2.05 bits per heavy atom. The topological polar surface area (TPSA) is 55.4 Å². The fraction of sp³-hybridized carbons (Fsp3) is 0.833. The Balaban J connectivity index is 4.97. The lowest BCUT2D eigenvalue weighted by Crippen LogP contribution is -2.55. The van der Waals surface area contributed by atoms with E-state index in [1.807, 2.05) is 0 Å². The quantitative estimate of drug-likeness (QED) is 0.580. The number of ether oxygens (including phenoxy) is 1. The van der Waals surface area contributed by atoms with Crippen molar-refractivity contribution >= 4 is 11.9 Å². The van der Waals surface area contributed by atoms with Crippen LogP contribution in [0.1, 0.15) is 33.6 Å². The van der Waals surface area contributed by atoms with Crippen LogP contribution in [0, 0.1) is 5.92 Å². The summed E-state index contributed by atoms with van der Waals surface area (Å²) in [5.74, 6) is -9.37. The first kappa shape index (κ1) is 19.6. The number of amides is 1. The molecule has 0 spiro atoms. The van der Waals surface area contributed by atoms with Gasteiger partial charge in [0.25, 0.3) is 0 Å². The van der Waals surface area contributed by atoms with Gasteiger partial charge in [-0.3, -0.25) is 4.79 Å². The van der Waals surface area contributed by atoms with Crippen molar-refractivity contribution in [1.29, 1.82) is 0 Å². The Hall–Kier alpha value is -1.41. The predicted octanol–water partition coefficient (Wildman–Crippen LogP) is 2.67. The normalized spacial score (nSPS) is 14.0. The molecule has 0 aliphatic rings. The van der Waals surface area contributed by atoms with Gasteiger partial charge in [0.05, 0.1) is 6.61 Å². The molecular formula is C12H18F5NO3. The van der Waals surface area contributed by atoms with Crippen LogP contribution in [-0.2, 0) is 14.3 Å². The molecule has 0 saturated heterocycles. The average Bonchev–Trinajstić information content (AvgIpc) is 2.32. The smallest absolute Gasteiger partial charge is 0.463 e. The van der Waals surface area contributed by atoms with Crippen LogP contribution in [0.15, 0.2) is 0 Å². The minimum Gasteiger partial charge on any atom is -0.464 e. The highest BCUT2D eigenvalue weighted by atomic mass is 19.4. The molecule has 9 heteroatoms. The summed E-state index contributed by atoms with van der Waals surface area (Å²) in [5, 5.41) is 1.42. The zero-order valence-corrected chi connectivity index (χ0v) is 11.9. The van der Waals surface area contributed by atoms with E-state index >= 15 is 0 Å². The predicted molar refractivity (Wildman–Crippen MR) is 63.6 cm³/mol. The number of hydrogen-bond donors (Lipinski definition) is 1. The van der Waals surface area contributed by atoms with E-state index in [4.69, 9.17) is 0 Å². The van der Waals surface area contributed by atoms with Gasteiger partial charge < -0.3 is 10.1 Å². The first-order chi connectivity index (χ1) is 9.43. The maximum absolute atomic E-state index is 12.8. The van der Waals surface area contributed by atoms with Crippen LogP contribution in [-0.4, -0.2) is 36.6 Å². The highest BCUT2D eigenvalue weighted by Crippen LogP contribution is 2.35. The number of carbonyl (C=O) groups is 2.